The lowest BCUT2D eigenvalue weighted by Crippen LogP contribution is -2.03. The van der Waals surface area contributed by atoms with Gasteiger partial charge in [0.05, 0.1) is 5.57 Å². The molecule has 0 saturated heterocycles. The van der Waals surface area contributed by atoms with Gasteiger partial charge in [0.15, 0.2) is 0 Å². The summed E-state index contributed by atoms with van der Waals surface area (Å²) in [5.74, 6) is -0.459. The molecule has 68 valence electrons. The molecule has 0 radical (unpaired) electrons. The molecule has 0 heterocycles. The molecule has 1 atom stereocenters. The fourth-order valence-electron chi connectivity index (χ4n) is 0.982. The predicted molar refractivity (Wildman–Crippen MR) is 50.0 cm³/mol. The molecule has 0 aromatic heterocycles. The second kappa shape index (κ2) is 5.58. The first-order valence-electron chi connectivity index (χ1n) is 4.32. The van der Waals surface area contributed by atoms with Crippen molar-refractivity contribution in [2.24, 2.45) is 5.92 Å². The van der Waals surface area contributed by atoms with Crippen LogP contribution < -0.4 is 0 Å². The zero-order valence-electron chi connectivity index (χ0n) is 7.87. The Kier molecular flexibility index (Phi) is 5.09. The number of aliphatic carboxylic acids is 1. The number of hydrogen-bond acceptors (Lipinski definition) is 1. The molecule has 1 N–H and O–H groups in total. The van der Waals surface area contributed by atoms with Crippen molar-refractivity contribution in [3.63, 3.8) is 0 Å². The molecule has 0 aliphatic heterocycles. The fraction of sp³-hybridized carbons (Fsp3) is 0.500. The minimum Gasteiger partial charge on any atom is -0.478 e. The van der Waals surface area contributed by atoms with Gasteiger partial charge < -0.3 is 5.11 Å². The van der Waals surface area contributed by atoms with Gasteiger partial charge >= 0.3 is 5.97 Å². The number of carboxylic acids is 1. The summed E-state index contributed by atoms with van der Waals surface area (Å²) in [6.45, 7) is 6.01. The van der Waals surface area contributed by atoms with Gasteiger partial charge in [-0.05, 0) is 12.3 Å². The lowest BCUT2D eigenvalue weighted by atomic mass is 9.98. The van der Waals surface area contributed by atoms with Gasteiger partial charge in [0.25, 0.3) is 0 Å². The highest BCUT2D eigenvalue weighted by molar-refractivity contribution is 5.90. The molecule has 0 bridgehead atoms. The molecule has 1 aliphatic carbocycles. The molecular weight excluding hydrogens is 152 g/mol. The molecule has 2 heteroatoms. The smallest absolute Gasteiger partial charge is 0.335 e. The highest BCUT2D eigenvalue weighted by Crippen LogP contribution is 2.15. The Hall–Kier alpha value is -1.05. The fourth-order valence-corrected chi connectivity index (χ4v) is 0.982. The van der Waals surface area contributed by atoms with E-state index < -0.39 is 5.97 Å². The normalized spacial score (nSPS) is 20.6. The number of allylic oxidation sites excluding steroid dienone is 2. The molecule has 2 nitrogen and oxygen atoms in total. The predicted octanol–water partition coefficient (Wildman–Crippen LogP) is 2.62. The van der Waals surface area contributed by atoms with Crippen LogP contribution in [0.3, 0.4) is 0 Å². The standard InChI is InChI=1S/C8H10O2.C2H6/c1-6-3-2-4-7(5-6)8(9)10;1-2/h2,4-6H,3H2,1H3,(H,9,10);1-2H3. The van der Waals surface area contributed by atoms with Gasteiger partial charge in [-0.25, -0.2) is 4.79 Å². The molecule has 0 aromatic carbocycles. The van der Waals surface area contributed by atoms with Crippen LogP contribution in [-0.4, -0.2) is 11.1 Å². The minimum atomic E-state index is -0.831. The summed E-state index contributed by atoms with van der Waals surface area (Å²) >= 11 is 0. The van der Waals surface area contributed by atoms with Crippen LogP contribution in [0.4, 0.5) is 0 Å². The second-order valence-electron chi connectivity index (χ2n) is 2.54. The van der Waals surface area contributed by atoms with Gasteiger partial charge in [-0.3, -0.25) is 0 Å². The van der Waals surface area contributed by atoms with E-state index in [4.69, 9.17) is 5.11 Å². The number of rotatable bonds is 1. The third-order valence-corrected chi connectivity index (χ3v) is 1.52. The number of carbonyl (C=O) groups is 1. The molecule has 1 unspecified atom stereocenters. The molecule has 0 fully saturated rings. The summed E-state index contributed by atoms with van der Waals surface area (Å²) < 4.78 is 0. The van der Waals surface area contributed by atoms with E-state index in [2.05, 4.69) is 0 Å². The van der Waals surface area contributed by atoms with Crippen molar-refractivity contribution in [1.29, 1.82) is 0 Å². The first-order chi connectivity index (χ1) is 5.70. The van der Waals surface area contributed by atoms with E-state index in [9.17, 15) is 4.79 Å². The zero-order valence-corrected chi connectivity index (χ0v) is 7.87. The first-order valence-corrected chi connectivity index (χ1v) is 4.32. The number of carboxylic acid groups (broad SMARTS) is 1. The summed E-state index contributed by atoms with van der Waals surface area (Å²) in [7, 11) is 0. The van der Waals surface area contributed by atoms with Gasteiger partial charge in [0.1, 0.15) is 0 Å². The molecule has 1 rings (SSSR count). The van der Waals surface area contributed by atoms with Crippen molar-refractivity contribution in [1.82, 2.24) is 0 Å². The summed E-state index contributed by atoms with van der Waals surface area (Å²) in [5, 5.41) is 8.54. The lowest BCUT2D eigenvalue weighted by molar-refractivity contribution is -0.132. The molecule has 0 spiro atoms. The van der Waals surface area contributed by atoms with Crippen molar-refractivity contribution in [2.45, 2.75) is 27.2 Å². The van der Waals surface area contributed by atoms with Crippen molar-refractivity contribution >= 4 is 5.97 Å². The Morgan fingerprint density at radius 3 is 2.50 bits per heavy atom. The summed E-state index contributed by atoms with van der Waals surface area (Å²) in [6, 6.07) is 0. The summed E-state index contributed by atoms with van der Waals surface area (Å²) in [6.07, 6.45) is 6.29. The van der Waals surface area contributed by atoms with Crippen LogP contribution in [0, 0.1) is 5.92 Å². The van der Waals surface area contributed by atoms with E-state index in [-0.39, 0.29) is 0 Å². The molecule has 0 aromatic rings. The van der Waals surface area contributed by atoms with E-state index in [1.807, 2.05) is 26.8 Å². The Bertz CT molecular complexity index is 202. The van der Waals surface area contributed by atoms with Crippen LogP contribution in [0.25, 0.3) is 0 Å². The van der Waals surface area contributed by atoms with Crippen LogP contribution in [0.5, 0.6) is 0 Å². The minimum absolute atomic E-state index is 0.371. The van der Waals surface area contributed by atoms with Gasteiger partial charge in [0.2, 0.25) is 0 Å². The summed E-state index contributed by atoms with van der Waals surface area (Å²) in [5.41, 5.74) is 0.416. The maximum absolute atomic E-state index is 10.4. The average molecular weight is 168 g/mol. The van der Waals surface area contributed by atoms with Crippen molar-refractivity contribution in [2.75, 3.05) is 0 Å². The maximum atomic E-state index is 10.4. The van der Waals surface area contributed by atoms with Gasteiger partial charge in [-0.15, -0.1) is 0 Å². The second-order valence-corrected chi connectivity index (χ2v) is 2.54. The van der Waals surface area contributed by atoms with E-state index in [1.165, 1.54) is 0 Å². The van der Waals surface area contributed by atoms with Gasteiger partial charge in [-0.1, -0.05) is 39.0 Å². The van der Waals surface area contributed by atoms with Gasteiger partial charge in [0, 0.05) is 0 Å². The van der Waals surface area contributed by atoms with Crippen LogP contribution in [0.15, 0.2) is 23.8 Å². The quantitative estimate of drug-likeness (QED) is 0.653. The largest absolute Gasteiger partial charge is 0.478 e. The van der Waals surface area contributed by atoms with Crippen LogP contribution in [0.1, 0.15) is 27.2 Å². The van der Waals surface area contributed by atoms with Crippen LogP contribution in [0.2, 0.25) is 0 Å². The molecule has 12 heavy (non-hydrogen) atoms. The highest BCUT2D eigenvalue weighted by atomic mass is 16.4. The van der Waals surface area contributed by atoms with E-state index >= 15 is 0 Å². The maximum Gasteiger partial charge on any atom is 0.335 e. The molecule has 1 aliphatic rings. The third-order valence-electron chi connectivity index (χ3n) is 1.52. The molecule has 0 amide bonds. The Morgan fingerprint density at radius 1 is 1.58 bits per heavy atom. The zero-order chi connectivity index (χ0) is 9.56. The molecular formula is C10H16O2. The first kappa shape index (κ1) is 11.0. The van der Waals surface area contributed by atoms with Crippen LogP contribution >= 0.6 is 0 Å². The highest BCUT2D eigenvalue weighted by Gasteiger charge is 2.08. The SMILES string of the molecule is CC.CC1C=C(C(=O)O)C=CC1. The van der Waals surface area contributed by atoms with Gasteiger partial charge in [-0.2, -0.15) is 0 Å². The van der Waals surface area contributed by atoms with E-state index in [0.29, 0.717) is 11.5 Å². The molecule has 0 saturated carbocycles. The Balaban J connectivity index is 0.000000561. The Labute approximate surface area is 73.6 Å². The lowest BCUT2D eigenvalue weighted by Gasteiger charge is -2.07. The van der Waals surface area contributed by atoms with Crippen molar-refractivity contribution in [3.05, 3.63) is 23.8 Å². The van der Waals surface area contributed by atoms with Crippen molar-refractivity contribution < 1.29 is 9.90 Å². The van der Waals surface area contributed by atoms with Crippen molar-refractivity contribution in [3.8, 4) is 0 Å². The van der Waals surface area contributed by atoms with Crippen LogP contribution in [-0.2, 0) is 4.79 Å². The summed E-state index contributed by atoms with van der Waals surface area (Å²) in [4.78, 5) is 10.4. The average Bonchev–Trinajstić information content (AvgIpc) is 2.08. The number of hydrogen-bond donors (Lipinski definition) is 1. The monoisotopic (exact) mass is 168 g/mol. The third kappa shape index (κ3) is 3.37. The topological polar surface area (TPSA) is 37.3 Å². The Morgan fingerprint density at radius 2 is 2.17 bits per heavy atom. The van der Waals surface area contributed by atoms with E-state index in [1.54, 1.807) is 12.2 Å². The van der Waals surface area contributed by atoms with E-state index in [0.717, 1.165) is 6.42 Å².